The van der Waals surface area contributed by atoms with Gasteiger partial charge in [0.25, 0.3) is 0 Å². The molecule has 2 rings (SSSR count). The molecule has 0 amide bonds. The molecule has 2 aromatic rings. The van der Waals surface area contributed by atoms with Gasteiger partial charge in [0.2, 0.25) is 0 Å². The summed E-state index contributed by atoms with van der Waals surface area (Å²) < 4.78 is 4.74. The summed E-state index contributed by atoms with van der Waals surface area (Å²) in [6.07, 6.45) is 0.681. The maximum atomic E-state index is 11.8. The van der Waals surface area contributed by atoms with Crippen LogP contribution in [0.5, 0.6) is 0 Å². The Balaban J connectivity index is 2.48. The molecule has 0 unspecified atom stereocenters. The summed E-state index contributed by atoms with van der Waals surface area (Å²) in [6.45, 7) is 0. The minimum absolute atomic E-state index is 0.356. The van der Waals surface area contributed by atoms with Crippen LogP contribution in [0.3, 0.4) is 0 Å². The fourth-order valence-electron chi connectivity index (χ4n) is 1.72. The Kier molecular flexibility index (Phi) is 5.28. The lowest BCUT2D eigenvalue weighted by atomic mass is 10.2. The van der Waals surface area contributed by atoms with E-state index in [2.05, 4.69) is 0 Å². The molecule has 6 heteroatoms. The van der Waals surface area contributed by atoms with Crippen LogP contribution in [0.25, 0.3) is 0 Å². The average molecular weight is 341 g/mol. The van der Waals surface area contributed by atoms with Gasteiger partial charge in [-0.05, 0) is 24.3 Å². The summed E-state index contributed by atoms with van der Waals surface area (Å²) in [6, 6.07) is 10.0. The zero-order chi connectivity index (χ0) is 15.4. The van der Waals surface area contributed by atoms with E-state index in [-0.39, 0.29) is 0 Å². The Morgan fingerprint density at radius 3 is 2.62 bits per heavy atom. The second-order valence-corrected chi connectivity index (χ2v) is 5.91. The topological polar surface area (TPSA) is 43.4 Å². The van der Waals surface area contributed by atoms with Crippen molar-refractivity contribution in [2.24, 2.45) is 0 Å². The largest absolute Gasteiger partial charge is 0.465 e. The monoisotopic (exact) mass is 340 g/mol. The van der Waals surface area contributed by atoms with Crippen LogP contribution in [0, 0.1) is 0 Å². The van der Waals surface area contributed by atoms with Crippen LogP contribution in [-0.2, 0) is 4.74 Å². The first-order valence-electron chi connectivity index (χ1n) is 5.86. The maximum Gasteiger partial charge on any atom is 0.339 e. The van der Waals surface area contributed by atoms with E-state index in [1.165, 1.54) is 24.9 Å². The van der Waals surface area contributed by atoms with Crippen molar-refractivity contribution in [3.8, 4) is 0 Å². The smallest absolute Gasteiger partial charge is 0.339 e. The number of aldehydes is 1. The molecule has 0 N–H and O–H groups in total. The quantitative estimate of drug-likeness (QED) is 0.595. The van der Waals surface area contributed by atoms with Crippen molar-refractivity contribution in [1.82, 2.24) is 0 Å². The average Bonchev–Trinajstić information content (AvgIpc) is 2.49. The molecular formula is C15H10Cl2O3S. The van der Waals surface area contributed by atoms with Gasteiger partial charge in [0, 0.05) is 20.4 Å². The minimum atomic E-state index is -0.448. The predicted molar refractivity (Wildman–Crippen MR) is 83.8 cm³/mol. The molecule has 108 valence electrons. The first kappa shape index (κ1) is 15.9. The molecule has 0 radical (unpaired) electrons. The molecule has 3 nitrogen and oxygen atoms in total. The summed E-state index contributed by atoms with van der Waals surface area (Å²) in [5, 5.41) is 0.738. The fraction of sp³-hybridized carbons (Fsp3) is 0.0667. The standard InChI is InChI=1S/C15H10Cl2O3S/c1-20-15(19)11-4-2-3-5-13(11)21-14-9(8-18)6-10(16)7-12(14)17/h2-8H,1H3. The van der Waals surface area contributed by atoms with Crippen molar-refractivity contribution in [2.45, 2.75) is 9.79 Å². The Morgan fingerprint density at radius 1 is 1.24 bits per heavy atom. The van der Waals surface area contributed by atoms with Crippen LogP contribution in [-0.4, -0.2) is 19.4 Å². The van der Waals surface area contributed by atoms with Crippen molar-refractivity contribution < 1.29 is 14.3 Å². The van der Waals surface area contributed by atoms with Crippen molar-refractivity contribution in [3.05, 3.63) is 57.6 Å². The lowest BCUT2D eigenvalue weighted by molar-refractivity contribution is 0.0596. The van der Waals surface area contributed by atoms with Gasteiger partial charge in [0.1, 0.15) is 0 Å². The van der Waals surface area contributed by atoms with Crippen molar-refractivity contribution in [1.29, 1.82) is 0 Å². The first-order chi connectivity index (χ1) is 10.1. The molecular weight excluding hydrogens is 331 g/mol. The SMILES string of the molecule is COC(=O)c1ccccc1Sc1c(Cl)cc(Cl)cc1C=O. The zero-order valence-electron chi connectivity index (χ0n) is 10.9. The van der Waals surface area contributed by atoms with Crippen molar-refractivity contribution in [3.63, 3.8) is 0 Å². The Hall–Kier alpha value is -1.49. The molecule has 0 aliphatic rings. The Labute approximate surface area is 136 Å². The highest BCUT2D eigenvalue weighted by molar-refractivity contribution is 7.99. The molecule has 0 aliphatic carbocycles. The molecule has 0 spiro atoms. The highest BCUT2D eigenvalue weighted by atomic mass is 35.5. The van der Waals surface area contributed by atoms with Gasteiger partial charge >= 0.3 is 5.97 Å². The van der Waals surface area contributed by atoms with Gasteiger partial charge in [-0.1, -0.05) is 47.1 Å². The highest BCUT2D eigenvalue weighted by Gasteiger charge is 2.16. The fourth-order valence-corrected chi connectivity index (χ4v) is 3.35. The summed E-state index contributed by atoms with van der Waals surface area (Å²) >= 11 is 13.3. The number of hydrogen-bond donors (Lipinski definition) is 0. The van der Waals surface area contributed by atoms with Gasteiger partial charge in [-0.15, -0.1) is 0 Å². The van der Waals surface area contributed by atoms with E-state index >= 15 is 0 Å². The highest BCUT2D eigenvalue weighted by Crippen LogP contribution is 2.38. The van der Waals surface area contributed by atoms with Crippen molar-refractivity contribution in [2.75, 3.05) is 7.11 Å². The molecule has 0 heterocycles. The lowest BCUT2D eigenvalue weighted by Gasteiger charge is -2.10. The van der Waals surface area contributed by atoms with E-state index in [1.54, 1.807) is 30.3 Å². The number of carbonyl (C=O) groups excluding carboxylic acids is 2. The molecule has 0 aromatic heterocycles. The van der Waals surface area contributed by atoms with E-state index in [1.807, 2.05) is 0 Å². The third-order valence-corrected chi connectivity index (χ3v) is 4.53. The number of halogens is 2. The molecule has 0 bridgehead atoms. The van der Waals surface area contributed by atoms with Gasteiger partial charge in [0.05, 0.1) is 17.7 Å². The van der Waals surface area contributed by atoms with E-state index in [9.17, 15) is 9.59 Å². The number of esters is 1. The first-order valence-corrected chi connectivity index (χ1v) is 7.43. The second-order valence-electron chi connectivity index (χ2n) is 4.01. The van der Waals surface area contributed by atoms with E-state index in [4.69, 9.17) is 27.9 Å². The predicted octanol–water partition coefficient (Wildman–Crippen LogP) is 4.74. The van der Waals surface area contributed by atoms with Crippen LogP contribution in [0.15, 0.2) is 46.2 Å². The normalized spacial score (nSPS) is 10.2. The molecule has 2 aromatic carbocycles. The third kappa shape index (κ3) is 3.59. The molecule has 0 atom stereocenters. The van der Waals surface area contributed by atoms with Gasteiger partial charge in [-0.3, -0.25) is 4.79 Å². The lowest BCUT2D eigenvalue weighted by Crippen LogP contribution is -2.02. The third-order valence-electron chi connectivity index (χ3n) is 2.67. The van der Waals surface area contributed by atoms with Crippen LogP contribution in [0.1, 0.15) is 20.7 Å². The second kappa shape index (κ2) is 6.98. The van der Waals surface area contributed by atoms with Crippen LogP contribution >= 0.6 is 35.0 Å². The van der Waals surface area contributed by atoms with Gasteiger partial charge < -0.3 is 4.74 Å². The van der Waals surface area contributed by atoms with Crippen molar-refractivity contribution >= 4 is 47.2 Å². The number of rotatable bonds is 4. The number of hydrogen-bond acceptors (Lipinski definition) is 4. The van der Waals surface area contributed by atoms with Crippen LogP contribution in [0.4, 0.5) is 0 Å². The summed E-state index contributed by atoms with van der Waals surface area (Å²) in [5.74, 6) is -0.448. The van der Waals surface area contributed by atoms with Gasteiger partial charge in [0.15, 0.2) is 6.29 Å². The maximum absolute atomic E-state index is 11.8. The number of ether oxygens (including phenoxy) is 1. The van der Waals surface area contributed by atoms with Crippen LogP contribution in [0.2, 0.25) is 10.0 Å². The molecule has 0 saturated carbocycles. The summed E-state index contributed by atoms with van der Waals surface area (Å²) in [4.78, 5) is 24.1. The number of methoxy groups -OCH3 is 1. The summed E-state index contributed by atoms with van der Waals surface area (Å²) in [5.41, 5.74) is 0.782. The Bertz CT molecular complexity index is 701. The van der Waals surface area contributed by atoms with Gasteiger partial charge in [-0.2, -0.15) is 0 Å². The Morgan fingerprint density at radius 2 is 1.95 bits per heavy atom. The zero-order valence-corrected chi connectivity index (χ0v) is 13.3. The van der Waals surface area contributed by atoms with E-state index in [0.29, 0.717) is 37.2 Å². The molecule has 0 aliphatic heterocycles. The van der Waals surface area contributed by atoms with E-state index in [0.717, 1.165) is 0 Å². The molecule has 21 heavy (non-hydrogen) atoms. The van der Waals surface area contributed by atoms with E-state index < -0.39 is 5.97 Å². The minimum Gasteiger partial charge on any atom is -0.465 e. The number of benzene rings is 2. The number of carbonyl (C=O) groups is 2. The van der Waals surface area contributed by atoms with Gasteiger partial charge in [-0.25, -0.2) is 4.79 Å². The molecule has 0 saturated heterocycles. The molecule has 0 fully saturated rings. The van der Waals surface area contributed by atoms with Crippen LogP contribution < -0.4 is 0 Å². The summed E-state index contributed by atoms with van der Waals surface area (Å²) in [7, 11) is 1.32.